The van der Waals surface area contributed by atoms with Gasteiger partial charge in [0.1, 0.15) is 5.60 Å². The molecule has 1 saturated heterocycles. The van der Waals surface area contributed by atoms with Gasteiger partial charge < -0.3 is 10.0 Å². The minimum absolute atomic E-state index is 0.702. The highest BCUT2D eigenvalue weighted by molar-refractivity contribution is 5.24. The fraction of sp³-hybridized carbons (Fsp3) is 0.583. The van der Waals surface area contributed by atoms with Crippen LogP contribution in [0.2, 0.25) is 0 Å². The number of pyridine rings is 1. The lowest BCUT2D eigenvalue weighted by molar-refractivity contribution is -0.0280. The monoisotopic (exact) mass is 206 g/mol. The van der Waals surface area contributed by atoms with E-state index in [9.17, 15) is 5.11 Å². The highest BCUT2D eigenvalue weighted by Gasteiger charge is 2.33. The lowest BCUT2D eigenvalue weighted by atomic mass is 9.86. The Balaban J connectivity index is 2.28. The van der Waals surface area contributed by atoms with E-state index >= 15 is 0 Å². The lowest BCUT2D eigenvalue weighted by Gasteiger charge is -2.37. The highest BCUT2D eigenvalue weighted by Crippen LogP contribution is 2.30. The van der Waals surface area contributed by atoms with Crippen LogP contribution in [-0.4, -0.2) is 35.1 Å². The highest BCUT2D eigenvalue weighted by atomic mass is 16.3. The second-order valence-electron chi connectivity index (χ2n) is 4.62. The zero-order valence-corrected chi connectivity index (χ0v) is 9.40. The standard InChI is InChI=1S/C12H18N2O/c1-10-6-11(8-13-7-10)12(15)4-3-5-14(2)9-12/h6-8,15H,3-5,9H2,1-2H3. The summed E-state index contributed by atoms with van der Waals surface area (Å²) in [6.07, 6.45) is 5.48. The minimum Gasteiger partial charge on any atom is -0.384 e. The number of aryl methyl sites for hydroxylation is 1. The molecule has 0 spiro atoms. The molecule has 1 N–H and O–H groups in total. The zero-order chi connectivity index (χ0) is 10.9. The van der Waals surface area contributed by atoms with Gasteiger partial charge in [-0.1, -0.05) is 6.07 Å². The molecule has 1 aromatic rings. The SMILES string of the molecule is Cc1cncc(C2(O)CCCN(C)C2)c1. The minimum atomic E-state index is -0.702. The summed E-state index contributed by atoms with van der Waals surface area (Å²) in [6.45, 7) is 3.78. The number of likely N-dealkylation sites (N-methyl/N-ethyl adjacent to an activating group) is 1. The van der Waals surface area contributed by atoms with Crippen molar-refractivity contribution < 1.29 is 5.11 Å². The van der Waals surface area contributed by atoms with Crippen LogP contribution in [0, 0.1) is 6.92 Å². The van der Waals surface area contributed by atoms with Crippen LogP contribution in [0.3, 0.4) is 0 Å². The third kappa shape index (κ3) is 2.19. The summed E-state index contributed by atoms with van der Waals surface area (Å²) < 4.78 is 0. The van der Waals surface area contributed by atoms with Crippen molar-refractivity contribution in [1.29, 1.82) is 0 Å². The molecular formula is C12H18N2O. The Hall–Kier alpha value is -0.930. The van der Waals surface area contributed by atoms with Crippen molar-refractivity contribution in [2.75, 3.05) is 20.1 Å². The molecule has 0 bridgehead atoms. The van der Waals surface area contributed by atoms with E-state index in [0.717, 1.165) is 30.5 Å². The fourth-order valence-corrected chi connectivity index (χ4v) is 2.29. The maximum atomic E-state index is 10.6. The fourth-order valence-electron chi connectivity index (χ4n) is 2.29. The van der Waals surface area contributed by atoms with Crippen LogP contribution in [0.4, 0.5) is 0 Å². The number of aromatic nitrogens is 1. The number of rotatable bonds is 1. The second-order valence-corrected chi connectivity index (χ2v) is 4.62. The summed E-state index contributed by atoms with van der Waals surface area (Å²) >= 11 is 0. The van der Waals surface area contributed by atoms with E-state index < -0.39 is 5.60 Å². The molecule has 1 unspecified atom stereocenters. The summed E-state index contributed by atoms with van der Waals surface area (Å²) in [5.41, 5.74) is 1.36. The van der Waals surface area contributed by atoms with Crippen molar-refractivity contribution in [1.82, 2.24) is 9.88 Å². The van der Waals surface area contributed by atoms with Gasteiger partial charge in [0.2, 0.25) is 0 Å². The Morgan fingerprint density at radius 1 is 1.47 bits per heavy atom. The Morgan fingerprint density at radius 2 is 2.27 bits per heavy atom. The molecule has 1 aromatic heterocycles. The normalized spacial score (nSPS) is 27.9. The number of aliphatic hydroxyl groups is 1. The molecule has 0 saturated carbocycles. The Bertz CT molecular complexity index is 353. The van der Waals surface area contributed by atoms with Crippen molar-refractivity contribution in [3.63, 3.8) is 0 Å². The van der Waals surface area contributed by atoms with Crippen LogP contribution in [0.1, 0.15) is 24.0 Å². The first-order chi connectivity index (χ1) is 7.10. The molecule has 0 aromatic carbocycles. The van der Waals surface area contributed by atoms with Gasteiger partial charge in [0.05, 0.1) is 0 Å². The third-order valence-corrected chi connectivity index (χ3v) is 3.07. The summed E-state index contributed by atoms with van der Waals surface area (Å²) in [4.78, 5) is 6.32. The number of piperidine rings is 1. The zero-order valence-electron chi connectivity index (χ0n) is 9.40. The molecule has 2 rings (SSSR count). The third-order valence-electron chi connectivity index (χ3n) is 3.07. The van der Waals surface area contributed by atoms with E-state index in [1.54, 1.807) is 6.20 Å². The van der Waals surface area contributed by atoms with Crippen molar-refractivity contribution in [2.24, 2.45) is 0 Å². The summed E-state index contributed by atoms with van der Waals surface area (Å²) in [7, 11) is 2.05. The van der Waals surface area contributed by atoms with E-state index in [4.69, 9.17) is 0 Å². The van der Waals surface area contributed by atoms with Crippen LogP contribution in [-0.2, 0) is 5.60 Å². The number of likely N-dealkylation sites (tertiary alicyclic amines) is 1. The molecule has 1 fully saturated rings. The first-order valence-electron chi connectivity index (χ1n) is 5.43. The van der Waals surface area contributed by atoms with Crippen LogP contribution >= 0.6 is 0 Å². The van der Waals surface area contributed by atoms with Gasteiger partial charge in [-0.15, -0.1) is 0 Å². The first kappa shape index (κ1) is 10.6. The Morgan fingerprint density at radius 3 is 2.93 bits per heavy atom. The van der Waals surface area contributed by atoms with Crippen LogP contribution in [0.25, 0.3) is 0 Å². The van der Waals surface area contributed by atoms with Gasteiger partial charge in [0, 0.05) is 24.5 Å². The predicted octanol–water partition coefficient (Wildman–Crippen LogP) is 1.30. The Labute approximate surface area is 90.8 Å². The second kappa shape index (κ2) is 3.91. The number of nitrogens with zero attached hydrogens (tertiary/aromatic N) is 2. The van der Waals surface area contributed by atoms with Gasteiger partial charge in [-0.2, -0.15) is 0 Å². The first-order valence-corrected chi connectivity index (χ1v) is 5.43. The van der Waals surface area contributed by atoms with Gasteiger partial charge in [0.25, 0.3) is 0 Å². The molecule has 3 nitrogen and oxygen atoms in total. The van der Waals surface area contributed by atoms with E-state index in [1.165, 1.54) is 0 Å². The van der Waals surface area contributed by atoms with E-state index in [2.05, 4.69) is 9.88 Å². The van der Waals surface area contributed by atoms with E-state index in [0.29, 0.717) is 6.54 Å². The largest absolute Gasteiger partial charge is 0.384 e. The van der Waals surface area contributed by atoms with E-state index in [1.807, 2.05) is 26.2 Å². The molecule has 1 atom stereocenters. The molecule has 82 valence electrons. The molecule has 2 heterocycles. The predicted molar refractivity (Wildman–Crippen MR) is 59.6 cm³/mol. The number of β-amino-alcohol motifs (C(OH)–C–C–N with tert-alkyl or cyclic N) is 1. The van der Waals surface area contributed by atoms with Crippen LogP contribution in [0.15, 0.2) is 18.5 Å². The molecule has 0 radical (unpaired) electrons. The topological polar surface area (TPSA) is 36.4 Å². The molecular weight excluding hydrogens is 188 g/mol. The van der Waals surface area contributed by atoms with Crippen molar-refractivity contribution in [3.8, 4) is 0 Å². The molecule has 1 aliphatic heterocycles. The van der Waals surface area contributed by atoms with Crippen LogP contribution < -0.4 is 0 Å². The van der Waals surface area contributed by atoms with Gasteiger partial charge >= 0.3 is 0 Å². The maximum absolute atomic E-state index is 10.6. The molecule has 15 heavy (non-hydrogen) atoms. The summed E-state index contributed by atoms with van der Waals surface area (Å²) in [5, 5.41) is 10.6. The quantitative estimate of drug-likeness (QED) is 0.752. The molecule has 0 aliphatic carbocycles. The smallest absolute Gasteiger partial charge is 0.104 e. The number of hydrogen-bond donors (Lipinski definition) is 1. The van der Waals surface area contributed by atoms with Gasteiger partial charge in [-0.05, 0) is 38.9 Å². The summed E-state index contributed by atoms with van der Waals surface area (Å²) in [5.74, 6) is 0. The lowest BCUT2D eigenvalue weighted by Crippen LogP contribution is -2.44. The molecule has 0 amide bonds. The maximum Gasteiger partial charge on any atom is 0.104 e. The Kier molecular flexibility index (Phi) is 2.76. The van der Waals surface area contributed by atoms with Gasteiger partial charge in [0.15, 0.2) is 0 Å². The molecule has 1 aliphatic rings. The van der Waals surface area contributed by atoms with Gasteiger partial charge in [-0.3, -0.25) is 4.98 Å². The van der Waals surface area contributed by atoms with Crippen molar-refractivity contribution in [3.05, 3.63) is 29.6 Å². The average Bonchev–Trinajstić information content (AvgIpc) is 2.17. The number of hydrogen-bond acceptors (Lipinski definition) is 3. The van der Waals surface area contributed by atoms with Gasteiger partial charge in [-0.25, -0.2) is 0 Å². The average molecular weight is 206 g/mol. The molecule has 3 heteroatoms. The van der Waals surface area contributed by atoms with Crippen molar-refractivity contribution >= 4 is 0 Å². The van der Waals surface area contributed by atoms with Crippen molar-refractivity contribution in [2.45, 2.75) is 25.4 Å². The van der Waals surface area contributed by atoms with Crippen LogP contribution in [0.5, 0.6) is 0 Å². The summed E-state index contributed by atoms with van der Waals surface area (Å²) in [6, 6.07) is 2.03. The van der Waals surface area contributed by atoms with E-state index in [-0.39, 0.29) is 0 Å².